The van der Waals surface area contributed by atoms with E-state index in [0.29, 0.717) is 51.0 Å². The molecule has 1 fully saturated rings. The first-order chi connectivity index (χ1) is 14.2. The first-order valence-electron chi connectivity index (χ1n) is 10.4. The van der Waals surface area contributed by atoms with Gasteiger partial charge < -0.3 is 18.9 Å². The van der Waals surface area contributed by atoms with Crippen LogP contribution >= 0.6 is 0 Å². The molecule has 0 saturated carbocycles. The van der Waals surface area contributed by atoms with Crippen LogP contribution in [0.1, 0.15) is 31.1 Å². The summed E-state index contributed by atoms with van der Waals surface area (Å²) in [6, 6.07) is 5.84. The van der Waals surface area contributed by atoms with Gasteiger partial charge in [-0.25, -0.2) is 0 Å². The lowest BCUT2D eigenvalue weighted by atomic mass is 9.95. The Hall–Kier alpha value is -2.61. The van der Waals surface area contributed by atoms with Crippen molar-refractivity contribution in [1.29, 1.82) is 0 Å². The van der Waals surface area contributed by atoms with Crippen LogP contribution in [0.15, 0.2) is 22.7 Å². The predicted molar refractivity (Wildman–Crippen MR) is 106 cm³/mol. The number of ether oxygens (including phenoxy) is 2. The number of benzene rings is 1. The molecule has 1 aromatic heterocycles. The summed E-state index contributed by atoms with van der Waals surface area (Å²) in [5.74, 6) is 3.08. The highest BCUT2D eigenvalue weighted by atomic mass is 16.5. The minimum Gasteiger partial charge on any atom is -0.494 e. The molecule has 156 valence electrons. The van der Waals surface area contributed by atoms with Gasteiger partial charge in [0.2, 0.25) is 11.8 Å². The predicted octanol–water partition coefficient (Wildman–Crippen LogP) is 1.93. The first-order valence-corrected chi connectivity index (χ1v) is 10.4. The molecule has 1 atom stereocenters. The Balaban J connectivity index is 1.31. The van der Waals surface area contributed by atoms with E-state index in [0.717, 1.165) is 36.6 Å². The number of rotatable bonds is 6. The van der Waals surface area contributed by atoms with Gasteiger partial charge in [0.15, 0.2) is 5.82 Å². The monoisotopic (exact) mass is 400 g/mol. The third kappa shape index (κ3) is 4.53. The molecule has 8 nitrogen and oxygen atoms in total. The molecular weight excluding hydrogens is 372 g/mol. The number of carbonyl (C=O) groups is 1. The molecule has 0 aliphatic carbocycles. The smallest absolute Gasteiger partial charge is 0.229 e. The lowest BCUT2D eigenvalue weighted by Gasteiger charge is -2.36. The molecule has 1 amide bonds. The van der Waals surface area contributed by atoms with E-state index in [-0.39, 0.29) is 11.8 Å². The van der Waals surface area contributed by atoms with Gasteiger partial charge in [-0.15, -0.1) is 0 Å². The van der Waals surface area contributed by atoms with Gasteiger partial charge >= 0.3 is 0 Å². The van der Waals surface area contributed by atoms with Crippen LogP contribution in [-0.4, -0.2) is 65.2 Å². The highest BCUT2D eigenvalue weighted by molar-refractivity contribution is 5.80. The number of fused-ring (bicyclic) bond motifs is 1. The van der Waals surface area contributed by atoms with Crippen LogP contribution in [0.3, 0.4) is 0 Å². The topological polar surface area (TPSA) is 80.9 Å². The van der Waals surface area contributed by atoms with Gasteiger partial charge in [0.05, 0.1) is 19.1 Å². The molecule has 29 heavy (non-hydrogen) atoms. The lowest BCUT2D eigenvalue weighted by molar-refractivity contribution is -0.138. The van der Waals surface area contributed by atoms with E-state index >= 15 is 0 Å². The molecule has 0 N–H and O–H groups in total. The molecule has 2 aliphatic rings. The number of aromatic nitrogens is 2. The zero-order valence-electron chi connectivity index (χ0n) is 17.1. The molecule has 1 unspecified atom stereocenters. The lowest BCUT2D eigenvalue weighted by Crippen LogP contribution is -2.51. The second-order valence-corrected chi connectivity index (χ2v) is 7.47. The fraction of sp³-hybridized carbons (Fsp3) is 0.571. The largest absolute Gasteiger partial charge is 0.494 e. The number of hydrogen-bond acceptors (Lipinski definition) is 7. The van der Waals surface area contributed by atoms with Gasteiger partial charge in [0, 0.05) is 32.6 Å². The SMILES string of the molecule is CCOc1ccc2c(c1)CC(C(=O)N1CCN(Cc3noc(CC)n3)CC1)CO2. The summed E-state index contributed by atoms with van der Waals surface area (Å²) in [5, 5.41) is 4.02. The summed E-state index contributed by atoms with van der Waals surface area (Å²) in [5.41, 5.74) is 1.04. The van der Waals surface area contributed by atoms with E-state index in [1.807, 2.05) is 36.9 Å². The van der Waals surface area contributed by atoms with Gasteiger partial charge in [-0.05, 0) is 37.1 Å². The van der Waals surface area contributed by atoms with Crippen LogP contribution in [0.4, 0.5) is 0 Å². The zero-order valence-corrected chi connectivity index (χ0v) is 17.1. The van der Waals surface area contributed by atoms with E-state index in [2.05, 4.69) is 15.0 Å². The number of amides is 1. The van der Waals surface area contributed by atoms with Gasteiger partial charge in [-0.1, -0.05) is 12.1 Å². The molecule has 2 aliphatic heterocycles. The summed E-state index contributed by atoms with van der Waals surface area (Å²) >= 11 is 0. The van der Waals surface area contributed by atoms with E-state index in [1.54, 1.807) is 0 Å². The van der Waals surface area contributed by atoms with Gasteiger partial charge in [0.25, 0.3) is 0 Å². The Kier molecular flexibility index (Phi) is 5.99. The minimum absolute atomic E-state index is 0.143. The third-order valence-corrected chi connectivity index (χ3v) is 5.46. The third-order valence-electron chi connectivity index (χ3n) is 5.46. The minimum atomic E-state index is -0.143. The summed E-state index contributed by atoms with van der Waals surface area (Å²) < 4.78 is 16.6. The maximum Gasteiger partial charge on any atom is 0.229 e. The molecule has 0 radical (unpaired) electrons. The van der Waals surface area contributed by atoms with Gasteiger partial charge in [-0.2, -0.15) is 4.98 Å². The number of aryl methyl sites for hydroxylation is 1. The summed E-state index contributed by atoms with van der Waals surface area (Å²) in [6.07, 6.45) is 1.44. The Labute approximate surface area is 170 Å². The van der Waals surface area contributed by atoms with Crippen molar-refractivity contribution in [1.82, 2.24) is 19.9 Å². The van der Waals surface area contributed by atoms with Crippen molar-refractivity contribution < 1.29 is 18.8 Å². The molecule has 4 rings (SSSR count). The van der Waals surface area contributed by atoms with E-state index in [1.165, 1.54) is 0 Å². The standard InChI is InChI=1S/C21H28N4O4/c1-3-20-22-19(23-29-20)13-24-7-9-25(10-8-24)21(26)16-11-15-12-17(27-4-2)5-6-18(15)28-14-16/h5-6,12,16H,3-4,7-11,13-14H2,1-2H3. The number of nitrogens with zero attached hydrogens (tertiary/aromatic N) is 4. The van der Waals surface area contributed by atoms with Crippen molar-refractivity contribution in [3.8, 4) is 11.5 Å². The Morgan fingerprint density at radius 1 is 1.24 bits per heavy atom. The fourth-order valence-electron chi connectivity index (χ4n) is 3.87. The molecule has 3 heterocycles. The van der Waals surface area contributed by atoms with Crippen molar-refractivity contribution in [3.63, 3.8) is 0 Å². The van der Waals surface area contributed by atoms with Crippen molar-refractivity contribution in [3.05, 3.63) is 35.5 Å². The second kappa shape index (κ2) is 8.82. The van der Waals surface area contributed by atoms with Gasteiger partial charge in [0.1, 0.15) is 18.1 Å². The maximum atomic E-state index is 13.0. The van der Waals surface area contributed by atoms with Crippen LogP contribution in [0.5, 0.6) is 11.5 Å². The van der Waals surface area contributed by atoms with Crippen LogP contribution in [-0.2, 0) is 24.2 Å². The van der Waals surface area contributed by atoms with Gasteiger partial charge in [-0.3, -0.25) is 9.69 Å². The highest BCUT2D eigenvalue weighted by Crippen LogP contribution is 2.31. The quantitative estimate of drug-likeness (QED) is 0.733. The summed E-state index contributed by atoms with van der Waals surface area (Å²) in [4.78, 5) is 21.6. The molecule has 1 saturated heterocycles. The number of hydrogen-bond donors (Lipinski definition) is 0. The molecular formula is C21H28N4O4. The van der Waals surface area contributed by atoms with E-state index in [4.69, 9.17) is 14.0 Å². The Morgan fingerprint density at radius 2 is 2.07 bits per heavy atom. The summed E-state index contributed by atoms with van der Waals surface area (Å²) in [7, 11) is 0. The molecule has 8 heteroatoms. The van der Waals surface area contributed by atoms with E-state index < -0.39 is 0 Å². The molecule has 2 aromatic rings. The average Bonchev–Trinajstić information content (AvgIpc) is 3.21. The fourth-order valence-corrected chi connectivity index (χ4v) is 3.87. The van der Waals surface area contributed by atoms with Crippen LogP contribution in [0.2, 0.25) is 0 Å². The Morgan fingerprint density at radius 3 is 2.79 bits per heavy atom. The first kappa shape index (κ1) is 19.7. The molecule has 1 aromatic carbocycles. The second-order valence-electron chi connectivity index (χ2n) is 7.47. The molecule has 0 spiro atoms. The number of carbonyl (C=O) groups excluding carboxylic acids is 1. The van der Waals surface area contributed by atoms with Crippen molar-refractivity contribution >= 4 is 5.91 Å². The van der Waals surface area contributed by atoms with Crippen molar-refractivity contribution in [2.75, 3.05) is 39.4 Å². The summed E-state index contributed by atoms with van der Waals surface area (Å²) in [6.45, 7) is 8.69. The normalized spacial score (nSPS) is 19.5. The van der Waals surface area contributed by atoms with Crippen LogP contribution in [0, 0.1) is 5.92 Å². The maximum absolute atomic E-state index is 13.0. The van der Waals surface area contributed by atoms with Crippen molar-refractivity contribution in [2.45, 2.75) is 33.2 Å². The number of piperazine rings is 1. The zero-order chi connectivity index (χ0) is 20.2. The van der Waals surface area contributed by atoms with Crippen LogP contribution in [0.25, 0.3) is 0 Å². The van der Waals surface area contributed by atoms with E-state index in [9.17, 15) is 4.79 Å². The Bertz CT molecular complexity index is 845. The van der Waals surface area contributed by atoms with Crippen LogP contribution < -0.4 is 9.47 Å². The average molecular weight is 400 g/mol. The molecule has 0 bridgehead atoms. The van der Waals surface area contributed by atoms with Crippen molar-refractivity contribution in [2.24, 2.45) is 5.92 Å². The highest BCUT2D eigenvalue weighted by Gasteiger charge is 2.31.